The van der Waals surface area contributed by atoms with Gasteiger partial charge in [0.2, 0.25) is 11.7 Å². The SMILES string of the molecule is COc1cc(NCc2c(F)ccc([N+](=O)[O-])c2F)ccc1NC(=O)COC1CC(C)CCC1C(C)C. The van der Waals surface area contributed by atoms with Crippen LogP contribution in [0.5, 0.6) is 5.75 Å². The third kappa shape index (κ3) is 6.69. The van der Waals surface area contributed by atoms with E-state index in [1.165, 1.54) is 13.5 Å². The number of amides is 1. The second kappa shape index (κ2) is 12.1. The molecule has 1 aliphatic rings. The Morgan fingerprint density at radius 3 is 2.64 bits per heavy atom. The molecule has 0 spiro atoms. The van der Waals surface area contributed by atoms with E-state index in [0.29, 0.717) is 34.9 Å². The van der Waals surface area contributed by atoms with E-state index in [4.69, 9.17) is 9.47 Å². The molecule has 0 aliphatic heterocycles. The number of nitro groups is 1. The summed E-state index contributed by atoms with van der Waals surface area (Å²) in [5, 5.41) is 16.5. The number of anilines is 2. The highest BCUT2D eigenvalue weighted by Crippen LogP contribution is 2.35. The maximum atomic E-state index is 14.3. The van der Waals surface area contributed by atoms with Gasteiger partial charge >= 0.3 is 5.69 Å². The monoisotopic (exact) mass is 505 g/mol. The molecule has 1 amide bonds. The fourth-order valence-electron chi connectivity index (χ4n) is 4.66. The summed E-state index contributed by atoms with van der Waals surface area (Å²) in [6.07, 6.45) is 3.25. The zero-order valence-corrected chi connectivity index (χ0v) is 21.0. The van der Waals surface area contributed by atoms with Gasteiger partial charge in [0, 0.05) is 29.9 Å². The maximum absolute atomic E-state index is 14.3. The topological polar surface area (TPSA) is 103 Å². The van der Waals surface area contributed by atoms with Gasteiger partial charge in [0.1, 0.15) is 18.2 Å². The van der Waals surface area contributed by atoms with Crippen molar-refractivity contribution in [2.75, 3.05) is 24.4 Å². The van der Waals surface area contributed by atoms with Gasteiger partial charge < -0.3 is 20.1 Å². The van der Waals surface area contributed by atoms with Crippen molar-refractivity contribution in [3.05, 3.63) is 57.6 Å². The molecule has 1 fully saturated rings. The van der Waals surface area contributed by atoms with Crippen LogP contribution in [0.3, 0.4) is 0 Å². The average Bonchev–Trinajstić information content (AvgIpc) is 2.82. The number of hydrogen-bond acceptors (Lipinski definition) is 6. The van der Waals surface area contributed by atoms with Gasteiger partial charge in [-0.25, -0.2) is 4.39 Å². The second-order valence-corrected chi connectivity index (χ2v) is 9.61. The summed E-state index contributed by atoms with van der Waals surface area (Å²) in [6, 6.07) is 6.40. The summed E-state index contributed by atoms with van der Waals surface area (Å²) in [5.74, 6) is -0.624. The Hall–Kier alpha value is -3.27. The van der Waals surface area contributed by atoms with E-state index in [2.05, 4.69) is 31.4 Å². The summed E-state index contributed by atoms with van der Waals surface area (Å²) >= 11 is 0. The number of nitrogens with one attached hydrogen (secondary N) is 2. The van der Waals surface area contributed by atoms with Crippen LogP contribution < -0.4 is 15.4 Å². The number of rotatable bonds is 10. The number of hydrogen-bond donors (Lipinski definition) is 2. The molecule has 8 nitrogen and oxygen atoms in total. The normalized spacial score (nSPS) is 19.7. The summed E-state index contributed by atoms with van der Waals surface area (Å²) in [4.78, 5) is 22.6. The fourth-order valence-corrected chi connectivity index (χ4v) is 4.66. The Morgan fingerprint density at radius 2 is 1.97 bits per heavy atom. The molecule has 3 atom stereocenters. The third-order valence-electron chi connectivity index (χ3n) is 6.70. The predicted octanol–water partition coefficient (Wildman–Crippen LogP) is 5.91. The van der Waals surface area contributed by atoms with Crippen LogP contribution in [0, 0.1) is 39.5 Å². The van der Waals surface area contributed by atoms with Crippen LogP contribution in [0.1, 0.15) is 45.6 Å². The van der Waals surface area contributed by atoms with Gasteiger partial charge in [-0.05, 0) is 48.8 Å². The lowest BCUT2D eigenvalue weighted by Crippen LogP contribution is -2.36. The summed E-state index contributed by atoms with van der Waals surface area (Å²) in [6.45, 7) is 6.17. The Balaban J connectivity index is 1.62. The molecule has 0 radical (unpaired) electrons. The van der Waals surface area contributed by atoms with Gasteiger partial charge in [0.15, 0.2) is 0 Å². The molecule has 2 aromatic rings. The minimum atomic E-state index is -1.23. The van der Waals surface area contributed by atoms with Crippen molar-refractivity contribution in [1.82, 2.24) is 0 Å². The first kappa shape index (κ1) is 27.3. The van der Waals surface area contributed by atoms with Crippen molar-refractivity contribution >= 4 is 23.0 Å². The number of ether oxygens (including phenoxy) is 2. The molecule has 2 N–H and O–H groups in total. The quantitative estimate of drug-likeness (QED) is 0.307. The maximum Gasteiger partial charge on any atom is 0.305 e. The van der Waals surface area contributed by atoms with E-state index >= 15 is 0 Å². The Bertz CT molecular complexity index is 1100. The highest BCUT2D eigenvalue weighted by atomic mass is 19.1. The number of carbonyl (C=O) groups excluding carboxylic acids is 1. The summed E-state index contributed by atoms with van der Waals surface area (Å²) in [7, 11) is 1.43. The first-order valence-electron chi connectivity index (χ1n) is 12.0. The van der Waals surface area contributed by atoms with Crippen LogP contribution in [0.4, 0.5) is 25.8 Å². The molecule has 2 aromatic carbocycles. The van der Waals surface area contributed by atoms with E-state index in [1.54, 1.807) is 18.2 Å². The minimum absolute atomic E-state index is 0.0440. The molecule has 3 unspecified atom stereocenters. The first-order valence-corrected chi connectivity index (χ1v) is 12.0. The lowest BCUT2D eigenvalue weighted by atomic mass is 9.75. The molecular formula is C26H33F2N3O5. The van der Waals surface area contributed by atoms with Crippen LogP contribution in [-0.2, 0) is 16.1 Å². The van der Waals surface area contributed by atoms with Crippen molar-refractivity contribution in [2.45, 2.75) is 52.7 Å². The number of nitro benzene ring substituents is 1. The largest absolute Gasteiger partial charge is 0.494 e. The van der Waals surface area contributed by atoms with Gasteiger partial charge in [-0.15, -0.1) is 0 Å². The summed E-state index contributed by atoms with van der Waals surface area (Å²) in [5.41, 5.74) is -0.382. The first-order chi connectivity index (χ1) is 17.1. The molecule has 10 heteroatoms. The van der Waals surface area contributed by atoms with E-state index in [-0.39, 0.29) is 25.2 Å². The molecule has 3 rings (SSSR count). The van der Waals surface area contributed by atoms with Gasteiger partial charge in [-0.3, -0.25) is 14.9 Å². The van der Waals surface area contributed by atoms with E-state index in [9.17, 15) is 23.7 Å². The lowest BCUT2D eigenvalue weighted by Gasteiger charge is -2.37. The smallest absolute Gasteiger partial charge is 0.305 e. The number of nitrogens with zero attached hydrogens (tertiary/aromatic N) is 1. The number of methoxy groups -OCH3 is 1. The fraction of sp³-hybridized carbons (Fsp3) is 0.500. The molecular weight excluding hydrogens is 472 g/mol. The van der Waals surface area contributed by atoms with E-state index in [0.717, 1.165) is 25.0 Å². The molecule has 0 bridgehead atoms. The van der Waals surface area contributed by atoms with Crippen molar-refractivity contribution in [3.8, 4) is 5.75 Å². The van der Waals surface area contributed by atoms with Gasteiger partial charge in [0.25, 0.3) is 0 Å². The van der Waals surface area contributed by atoms with E-state index in [1.807, 2.05) is 0 Å². The zero-order valence-electron chi connectivity index (χ0n) is 21.0. The Kier molecular flexibility index (Phi) is 9.19. The lowest BCUT2D eigenvalue weighted by molar-refractivity contribution is -0.387. The Morgan fingerprint density at radius 1 is 1.22 bits per heavy atom. The standard InChI is InChI=1S/C26H33F2N3O5/c1-15(2)18-7-5-16(3)11-23(18)36-14-25(32)30-21-9-6-17(12-24(21)35-4)29-13-19-20(27)8-10-22(26(19)28)31(33)34/h6,8-10,12,15-16,18,23,29H,5,7,11,13-14H2,1-4H3,(H,30,32). The third-order valence-corrected chi connectivity index (χ3v) is 6.70. The molecule has 196 valence electrons. The molecule has 36 heavy (non-hydrogen) atoms. The van der Waals surface area contributed by atoms with Gasteiger partial charge in [0.05, 0.1) is 23.8 Å². The highest BCUT2D eigenvalue weighted by molar-refractivity contribution is 5.93. The summed E-state index contributed by atoms with van der Waals surface area (Å²) < 4.78 is 39.8. The molecule has 0 saturated heterocycles. The van der Waals surface area contributed by atoms with Gasteiger partial charge in [-0.1, -0.05) is 27.2 Å². The van der Waals surface area contributed by atoms with Crippen molar-refractivity contribution in [3.63, 3.8) is 0 Å². The van der Waals surface area contributed by atoms with E-state index < -0.39 is 27.8 Å². The average molecular weight is 506 g/mol. The van der Waals surface area contributed by atoms with Crippen molar-refractivity contribution < 1.29 is 28.0 Å². The molecule has 0 heterocycles. The molecule has 1 saturated carbocycles. The highest BCUT2D eigenvalue weighted by Gasteiger charge is 2.31. The number of halogens is 2. The van der Waals surface area contributed by atoms with Crippen LogP contribution >= 0.6 is 0 Å². The molecule has 1 aliphatic carbocycles. The van der Waals surface area contributed by atoms with Crippen LogP contribution in [0.25, 0.3) is 0 Å². The van der Waals surface area contributed by atoms with Crippen LogP contribution in [-0.4, -0.2) is 30.7 Å². The minimum Gasteiger partial charge on any atom is -0.494 e. The molecule has 0 aromatic heterocycles. The van der Waals surface area contributed by atoms with Crippen LogP contribution in [0.2, 0.25) is 0 Å². The number of carbonyl (C=O) groups is 1. The zero-order chi connectivity index (χ0) is 26.4. The number of benzene rings is 2. The van der Waals surface area contributed by atoms with Crippen molar-refractivity contribution in [2.24, 2.45) is 17.8 Å². The Labute approximate surface area is 209 Å². The van der Waals surface area contributed by atoms with Gasteiger partial charge in [-0.2, -0.15) is 4.39 Å². The predicted molar refractivity (Wildman–Crippen MR) is 133 cm³/mol. The van der Waals surface area contributed by atoms with Crippen molar-refractivity contribution in [1.29, 1.82) is 0 Å². The van der Waals surface area contributed by atoms with Crippen LogP contribution in [0.15, 0.2) is 30.3 Å². The second-order valence-electron chi connectivity index (χ2n) is 9.61.